The molecule has 1 atom stereocenters. The molecule has 1 aliphatic carbocycles. The lowest BCUT2D eigenvalue weighted by Gasteiger charge is -2.36. The maximum atomic E-state index is 10.6. The smallest absolute Gasteiger partial charge is 0.0772 e. The minimum atomic E-state index is -0.507. The van der Waals surface area contributed by atoms with Gasteiger partial charge in [0.25, 0.3) is 0 Å². The first kappa shape index (κ1) is 15.0. The number of aliphatic hydroxyl groups is 1. The van der Waals surface area contributed by atoms with Gasteiger partial charge in [-0.15, -0.1) is 0 Å². The Labute approximate surface area is 124 Å². The highest BCUT2D eigenvalue weighted by molar-refractivity contribution is 9.10. The molecule has 2 nitrogen and oxygen atoms in total. The van der Waals surface area contributed by atoms with E-state index >= 15 is 0 Å². The fraction of sp³-hybridized carbons (Fsp3) is 0.625. The first-order valence-electron chi connectivity index (χ1n) is 7.20. The van der Waals surface area contributed by atoms with Crippen molar-refractivity contribution in [2.45, 2.75) is 51.2 Å². The molecule has 1 fully saturated rings. The van der Waals surface area contributed by atoms with Gasteiger partial charge >= 0.3 is 0 Å². The molecule has 1 saturated carbocycles. The van der Waals surface area contributed by atoms with Crippen LogP contribution in [0.4, 0.5) is 0 Å². The van der Waals surface area contributed by atoms with Gasteiger partial charge in [0.15, 0.2) is 0 Å². The standard InChI is InChI=1S/C16H24BrNO/c1-12-6-8-16(19,9-7-12)11-18-13(2)14-4-3-5-15(17)10-14/h3-5,10,12-13,18-19H,6-9,11H2,1-2H3. The molecule has 19 heavy (non-hydrogen) atoms. The third-order valence-electron chi connectivity index (χ3n) is 4.29. The Kier molecular flexibility index (Phi) is 5.04. The fourth-order valence-electron chi connectivity index (χ4n) is 2.71. The minimum Gasteiger partial charge on any atom is -0.389 e. The van der Waals surface area contributed by atoms with Crippen LogP contribution in [0.5, 0.6) is 0 Å². The molecular formula is C16H24BrNO. The molecule has 1 aromatic rings. The number of hydrogen-bond acceptors (Lipinski definition) is 2. The SMILES string of the molecule is CC1CCC(O)(CNC(C)c2cccc(Br)c2)CC1. The van der Waals surface area contributed by atoms with Crippen molar-refractivity contribution in [3.8, 4) is 0 Å². The average Bonchev–Trinajstić information content (AvgIpc) is 2.40. The average molecular weight is 326 g/mol. The molecule has 0 saturated heterocycles. The lowest BCUT2D eigenvalue weighted by molar-refractivity contribution is -0.00783. The van der Waals surface area contributed by atoms with Gasteiger partial charge in [0.2, 0.25) is 0 Å². The molecule has 1 unspecified atom stereocenters. The second kappa shape index (κ2) is 6.38. The zero-order valence-electron chi connectivity index (χ0n) is 11.8. The first-order valence-corrected chi connectivity index (χ1v) is 7.99. The van der Waals surface area contributed by atoms with Gasteiger partial charge in [-0.2, -0.15) is 0 Å². The lowest BCUT2D eigenvalue weighted by atomic mass is 9.79. The first-order chi connectivity index (χ1) is 8.98. The highest BCUT2D eigenvalue weighted by Crippen LogP contribution is 2.31. The zero-order valence-corrected chi connectivity index (χ0v) is 13.4. The van der Waals surface area contributed by atoms with E-state index in [0.29, 0.717) is 6.54 Å². The summed E-state index contributed by atoms with van der Waals surface area (Å²) in [5.41, 5.74) is 0.745. The minimum absolute atomic E-state index is 0.265. The van der Waals surface area contributed by atoms with Crippen LogP contribution in [0, 0.1) is 5.92 Å². The maximum Gasteiger partial charge on any atom is 0.0772 e. The molecule has 0 heterocycles. The predicted octanol–water partition coefficient (Wildman–Crippen LogP) is 4.04. The molecule has 1 aliphatic rings. The van der Waals surface area contributed by atoms with Crippen LogP contribution in [0.15, 0.2) is 28.7 Å². The lowest BCUT2D eigenvalue weighted by Crippen LogP contribution is -2.44. The van der Waals surface area contributed by atoms with Crippen molar-refractivity contribution >= 4 is 15.9 Å². The second-order valence-corrected chi connectivity index (χ2v) is 6.98. The Morgan fingerprint density at radius 2 is 2.11 bits per heavy atom. The fourth-order valence-corrected chi connectivity index (χ4v) is 3.13. The van der Waals surface area contributed by atoms with Crippen molar-refractivity contribution in [3.05, 3.63) is 34.3 Å². The Morgan fingerprint density at radius 3 is 2.74 bits per heavy atom. The van der Waals surface area contributed by atoms with Crippen LogP contribution in [0.25, 0.3) is 0 Å². The largest absolute Gasteiger partial charge is 0.389 e. The zero-order chi connectivity index (χ0) is 13.9. The van der Waals surface area contributed by atoms with Crippen LogP contribution in [-0.2, 0) is 0 Å². The van der Waals surface area contributed by atoms with Crippen molar-refractivity contribution in [2.75, 3.05) is 6.54 Å². The molecule has 0 bridgehead atoms. The predicted molar refractivity (Wildman–Crippen MR) is 83.1 cm³/mol. The number of benzene rings is 1. The summed E-state index contributed by atoms with van der Waals surface area (Å²) < 4.78 is 1.10. The summed E-state index contributed by atoms with van der Waals surface area (Å²) in [6, 6.07) is 8.60. The summed E-state index contributed by atoms with van der Waals surface area (Å²) in [7, 11) is 0. The Hall–Kier alpha value is -0.380. The summed E-state index contributed by atoms with van der Waals surface area (Å²) in [5, 5.41) is 14.0. The van der Waals surface area contributed by atoms with Gasteiger partial charge in [-0.25, -0.2) is 0 Å². The quantitative estimate of drug-likeness (QED) is 0.875. The number of hydrogen-bond donors (Lipinski definition) is 2. The molecule has 0 spiro atoms. The molecular weight excluding hydrogens is 302 g/mol. The Morgan fingerprint density at radius 1 is 1.42 bits per heavy atom. The molecule has 0 amide bonds. The molecule has 2 rings (SSSR count). The van der Waals surface area contributed by atoms with Gasteiger partial charge in [0.05, 0.1) is 5.60 Å². The summed E-state index contributed by atoms with van der Waals surface area (Å²) in [6.45, 7) is 5.11. The number of nitrogens with one attached hydrogen (secondary N) is 1. The Bertz CT molecular complexity index is 413. The molecule has 3 heteroatoms. The summed E-state index contributed by atoms with van der Waals surface area (Å²) in [4.78, 5) is 0. The van der Waals surface area contributed by atoms with Crippen LogP contribution in [0.1, 0.15) is 51.1 Å². The van der Waals surface area contributed by atoms with E-state index in [4.69, 9.17) is 0 Å². The normalized spacial score (nSPS) is 29.2. The van der Waals surface area contributed by atoms with Gasteiger partial charge in [-0.1, -0.05) is 35.0 Å². The van der Waals surface area contributed by atoms with E-state index in [1.807, 2.05) is 6.07 Å². The van der Waals surface area contributed by atoms with Crippen molar-refractivity contribution in [2.24, 2.45) is 5.92 Å². The third kappa shape index (κ3) is 4.30. The van der Waals surface area contributed by atoms with E-state index in [1.165, 1.54) is 5.56 Å². The van der Waals surface area contributed by atoms with Gasteiger partial charge in [-0.3, -0.25) is 0 Å². The summed E-state index contributed by atoms with van der Waals surface area (Å²) >= 11 is 3.50. The third-order valence-corrected chi connectivity index (χ3v) is 4.78. The topological polar surface area (TPSA) is 32.3 Å². The van der Waals surface area contributed by atoms with Crippen LogP contribution in [0.2, 0.25) is 0 Å². The van der Waals surface area contributed by atoms with Crippen molar-refractivity contribution < 1.29 is 5.11 Å². The van der Waals surface area contributed by atoms with E-state index in [0.717, 1.165) is 36.1 Å². The van der Waals surface area contributed by atoms with E-state index in [2.05, 4.69) is 53.3 Å². The van der Waals surface area contributed by atoms with Crippen LogP contribution in [-0.4, -0.2) is 17.3 Å². The van der Waals surface area contributed by atoms with Crippen LogP contribution in [0.3, 0.4) is 0 Å². The molecule has 0 radical (unpaired) electrons. The van der Waals surface area contributed by atoms with E-state index in [-0.39, 0.29) is 6.04 Å². The van der Waals surface area contributed by atoms with Gasteiger partial charge < -0.3 is 10.4 Å². The van der Waals surface area contributed by atoms with E-state index in [9.17, 15) is 5.11 Å². The highest BCUT2D eigenvalue weighted by Gasteiger charge is 2.31. The Balaban J connectivity index is 1.88. The summed E-state index contributed by atoms with van der Waals surface area (Å²) in [5.74, 6) is 0.766. The van der Waals surface area contributed by atoms with Crippen molar-refractivity contribution in [1.29, 1.82) is 0 Å². The van der Waals surface area contributed by atoms with Gasteiger partial charge in [0.1, 0.15) is 0 Å². The van der Waals surface area contributed by atoms with Gasteiger partial charge in [-0.05, 0) is 56.2 Å². The number of rotatable bonds is 4. The molecule has 1 aromatic carbocycles. The molecule has 2 N–H and O–H groups in total. The van der Waals surface area contributed by atoms with Gasteiger partial charge in [0, 0.05) is 17.1 Å². The second-order valence-electron chi connectivity index (χ2n) is 6.06. The van der Waals surface area contributed by atoms with Crippen LogP contribution < -0.4 is 5.32 Å². The molecule has 0 aliphatic heterocycles. The van der Waals surface area contributed by atoms with E-state index in [1.54, 1.807) is 0 Å². The molecule has 106 valence electrons. The monoisotopic (exact) mass is 325 g/mol. The molecule has 0 aromatic heterocycles. The maximum absolute atomic E-state index is 10.6. The highest BCUT2D eigenvalue weighted by atomic mass is 79.9. The number of halogens is 1. The summed E-state index contributed by atoms with van der Waals surface area (Å²) in [6.07, 6.45) is 4.13. The van der Waals surface area contributed by atoms with Crippen LogP contribution >= 0.6 is 15.9 Å². The van der Waals surface area contributed by atoms with E-state index < -0.39 is 5.60 Å². The van der Waals surface area contributed by atoms with Crippen molar-refractivity contribution in [3.63, 3.8) is 0 Å². The van der Waals surface area contributed by atoms with Crippen molar-refractivity contribution in [1.82, 2.24) is 5.32 Å².